The van der Waals surface area contributed by atoms with Crippen LogP contribution >= 0.6 is 0 Å². The van der Waals surface area contributed by atoms with Crippen LogP contribution in [0, 0.1) is 5.82 Å². The third kappa shape index (κ3) is 2.66. The summed E-state index contributed by atoms with van der Waals surface area (Å²) in [6.45, 7) is 0. The molecule has 0 atom stereocenters. The van der Waals surface area contributed by atoms with Gasteiger partial charge in [-0.25, -0.2) is 9.18 Å². The Morgan fingerprint density at radius 1 is 1.24 bits per heavy atom. The van der Waals surface area contributed by atoms with Gasteiger partial charge in [0.15, 0.2) is 0 Å². The summed E-state index contributed by atoms with van der Waals surface area (Å²) in [4.78, 5) is 14.9. The molecule has 0 amide bonds. The molecule has 1 aromatic carbocycles. The van der Waals surface area contributed by atoms with E-state index in [9.17, 15) is 9.18 Å². The Bertz CT molecular complexity index is 537. The predicted molar refractivity (Wildman–Crippen MR) is 60.4 cm³/mol. The van der Waals surface area contributed by atoms with Crippen molar-refractivity contribution in [2.45, 2.75) is 6.42 Å². The van der Waals surface area contributed by atoms with Crippen LogP contribution in [0.2, 0.25) is 0 Å². The number of aromatic carboxylic acids is 1. The van der Waals surface area contributed by atoms with Crippen molar-refractivity contribution in [1.29, 1.82) is 0 Å². The SMILES string of the molecule is O=C(O)c1ccncc1Cc1ccc(F)cc1. The van der Waals surface area contributed by atoms with Crippen LogP contribution in [0.25, 0.3) is 0 Å². The fourth-order valence-corrected chi connectivity index (χ4v) is 1.60. The molecule has 86 valence electrons. The highest BCUT2D eigenvalue weighted by atomic mass is 19.1. The standard InChI is InChI=1S/C13H10FNO2/c14-11-3-1-9(2-4-11)7-10-8-15-6-5-12(10)13(16)17/h1-6,8H,7H2,(H,16,17). The van der Waals surface area contributed by atoms with E-state index in [0.29, 0.717) is 12.0 Å². The Hall–Kier alpha value is -2.23. The molecule has 1 aromatic heterocycles. The predicted octanol–water partition coefficient (Wildman–Crippen LogP) is 2.51. The number of rotatable bonds is 3. The minimum atomic E-state index is -0.982. The lowest BCUT2D eigenvalue weighted by atomic mass is 10.0. The van der Waals surface area contributed by atoms with Crippen molar-refractivity contribution in [2.24, 2.45) is 0 Å². The number of carboxylic acids is 1. The molecule has 1 heterocycles. The van der Waals surface area contributed by atoms with Crippen molar-refractivity contribution in [3.63, 3.8) is 0 Å². The van der Waals surface area contributed by atoms with Gasteiger partial charge in [-0.2, -0.15) is 0 Å². The van der Waals surface area contributed by atoms with E-state index in [1.54, 1.807) is 12.1 Å². The Kier molecular flexibility index (Phi) is 3.14. The van der Waals surface area contributed by atoms with Crippen LogP contribution < -0.4 is 0 Å². The van der Waals surface area contributed by atoms with Crippen molar-refractivity contribution >= 4 is 5.97 Å². The summed E-state index contributed by atoms with van der Waals surface area (Å²) in [6, 6.07) is 7.43. The van der Waals surface area contributed by atoms with Crippen LogP contribution in [-0.4, -0.2) is 16.1 Å². The molecular weight excluding hydrogens is 221 g/mol. The second-order valence-electron chi connectivity index (χ2n) is 3.64. The number of carbonyl (C=O) groups is 1. The van der Waals surface area contributed by atoms with Gasteiger partial charge in [-0.3, -0.25) is 4.98 Å². The third-order valence-corrected chi connectivity index (χ3v) is 2.44. The van der Waals surface area contributed by atoms with Gasteiger partial charge < -0.3 is 5.11 Å². The molecule has 0 spiro atoms. The molecule has 2 aromatic rings. The Morgan fingerprint density at radius 3 is 2.59 bits per heavy atom. The number of aromatic nitrogens is 1. The number of benzene rings is 1. The van der Waals surface area contributed by atoms with Gasteiger partial charge in [-0.15, -0.1) is 0 Å². The zero-order valence-electron chi connectivity index (χ0n) is 8.93. The summed E-state index contributed by atoms with van der Waals surface area (Å²) in [6.07, 6.45) is 3.39. The van der Waals surface area contributed by atoms with Crippen LogP contribution in [0.15, 0.2) is 42.7 Å². The number of pyridine rings is 1. The molecule has 4 heteroatoms. The van der Waals surface area contributed by atoms with E-state index in [0.717, 1.165) is 5.56 Å². The first-order chi connectivity index (χ1) is 8.16. The van der Waals surface area contributed by atoms with Gasteiger partial charge >= 0.3 is 5.97 Å². The molecule has 0 bridgehead atoms. The largest absolute Gasteiger partial charge is 0.478 e. The minimum Gasteiger partial charge on any atom is -0.478 e. The van der Waals surface area contributed by atoms with Crippen molar-refractivity contribution < 1.29 is 14.3 Å². The van der Waals surface area contributed by atoms with Crippen molar-refractivity contribution in [2.75, 3.05) is 0 Å². The second-order valence-corrected chi connectivity index (χ2v) is 3.64. The summed E-state index contributed by atoms with van der Waals surface area (Å²) in [5.74, 6) is -1.29. The molecule has 3 nitrogen and oxygen atoms in total. The first-order valence-electron chi connectivity index (χ1n) is 5.07. The first-order valence-corrected chi connectivity index (χ1v) is 5.07. The maximum atomic E-state index is 12.7. The molecule has 0 unspecified atom stereocenters. The number of hydrogen-bond donors (Lipinski definition) is 1. The molecule has 0 saturated heterocycles. The van der Waals surface area contributed by atoms with E-state index in [2.05, 4.69) is 4.98 Å². The molecule has 0 aliphatic rings. The lowest BCUT2D eigenvalue weighted by Gasteiger charge is -2.05. The molecule has 1 N–H and O–H groups in total. The van der Waals surface area contributed by atoms with E-state index < -0.39 is 5.97 Å². The molecule has 17 heavy (non-hydrogen) atoms. The summed E-state index contributed by atoms with van der Waals surface area (Å²) < 4.78 is 12.7. The van der Waals surface area contributed by atoms with Gasteiger partial charge in [-0.1, -0.05) is 12.1 Å². The van der Waals surface area contributed by atoms with Crippen LogP contribution in [-0.2, 0) is 6.42 Å². The summed E-state index contributed by atoms with van der Waals surface area (Å²) in [7, 11) is 0. The van der Waals surface area contributed by atoms with Gasteiger partial charge in [0, 0.05) is 12.4 Å². The van der Waals surface area contributed by atoms with Gasteiger partial charge in [0.25, 0.3) is 0 Å². The Balaban J connectivity index is 2.30. The maximum absolute atomic E-state index is 12.7. The molecule has 2 rings (SSSR count). The van der Waals surface area contributed by atoms with E-state index in [-0.39, 0.29) is 11.4 Å². The van der Waals surface area contributed by atoms with E-state index >= 15 is 0 Å². The normalized spacial score (nSPS) is 10.2. The van der Waals surface area contributed by atoms with E-state index in [1.807, 2.05) is 0 Å². The minimum absolute atomic E-state index is 0.226. The molecule has 0 saturated carbocycles. The topological polar surface area (TPSA) is 50.2 Å². The first kappa shape index (κ1) is 11.3. The molecule has 0 fully saturated rings. The quantitative estimate of drug-likeness (QED) is 0.882. The van der Waals surface area contributed by atoms with Gasteiger partial charge in [-0.05, 0) is 35.7 Å². The highest BCUT2D eigenvalue weighted by Gasteiger charge is 2.09. The number of carboxylic acid groups (broad SMARTS) is 1. The van der Waals surface area contributed by atoms with Crippen molar-refractivity contribution in [3.8, 4) is 0 Å². The summed E-state index contributed by atoms with van der Waals surface area (Å²) in [5, 5.41) is 9.00. The van der Waals surface area contributed by atoms with E-state index in [4.69, 9.17) is 5.11 Å². The molecular formula is C13H10FNO2. The van der Waals surface area contributed by atoms with Crippen LogP contribution in [0.5, 0.6) is 0 Å². The average Bonchev–Trinajstić information content (AvgIpc) is 2.32. The molecule has 0 radical (unpaired) electrons. The molecule has 0 aliphatic carbocycles. The van der Waals surface area contributed by atoms with Crippen molar-refractivity contribution in [3.05, 3.63) is 65.2 Å². The fraction of sp³-hybridized carbons (Fsp3) is 0.0769. The van der Waals surface area contributed by atoms with Gasteiger partial charge in [0.1, 0.15) is 5.82 Å². The zero-order valence-corrected chi connectivity index (χ0v) is 8.93. The monoisotopic (exact) mass is 231 g/mol. The van der Waals surface area contributed by atoms with Gasteiger partial charge in [0.05, 0.1) is 5.56 Å². The highest BCUT2D eigenvalue weighted by Crippen LogP contribution is 2.13. The lowest BCUT2D eigenvalue weighted by molar-refractivity contribution is 0.0695. The summed E-state index contributed by atoms with van der Waals surface area (Å²) in [5.41, 5.74) is 1.69. The average molecular weight is 231 g/mol. The van der Waals surface area contributed by atoms with Crippen LogP contribution in [0.1, 0.15) is 21.5 Å². The number of hydrogen-bond acceptors (Lipinski definition) is 2. The third-order valence-electron chi connectivity index (χ3n) is 2.44. The van der Waals surface area contributed by atoms with Crippen LogP contribution in [0.3, 0.4) is 0 Å². The second kappa shape index (κ2) is 4.74. The van der Waals surface area contributed by atoms with Crippen LogP contribution in [0.4, 0.5) is 4.39 Å². The molecule has 0 aliphatic heterocycles. The lowest BCUT2D eigenvalue weighted by Crippen LogP contribution is -2.03. The van der Waals surface area contributed by atoms with Crippen molar-refractivity contribution in [1.82, 2.24) is 4.98 Å². The highest BCUT2D eigenvalue weighted by molar-refractivity contribution is 5.89. The Labute approximate surface area is 97.6 Å². The summed E-state index contributed by atoms with van der Waals surface area (Å²) >= 11 is 0. The fourth-order valence-electron chi connectivity index (χ4n) is 1.60. The zero-order chi connectivity index (χ0) is 12.3. The smallest absolute Gasteiger partial charge is 0.336 e. The Morgan fingerprint density at radius 2 is 1.94 bits per heavy atom. The van der Waals surface area contributed by atoms with Gasteiger partial charge in [0.2, 0.25) is 0 Å². The maximum Gasteiger partial charge on any atom is 0.336 e. The number of nitrogens with zero attached hydrogens (tertiary/aromatic N) is 1. The van der Waals surface area contributed by atoms with E-state index in [1.165, 1.54) is 30.6 Å². The number of halogens is 1.